The zero-order chi connectivity index (χ0) is 11.2. The van der Waals surface area contributed by atoms with Crippen molar-refractivity contribution in [2.45, 2.75) is 5.25 Å². The molecular weight excluding hydrogens is 248 g/mol. The number of cyclic esters (lactones) is 1. The third-order valence-corrected chi connectivity index (χ3v) is 4.32. The van der Waals surface area contributed by atoms with E-state index in [-0.39, 0.29) is 0 Å². The summed E-state index contributed by atoms with van der Waals surface area (Å²) in [5.74, 6) is -3.88. The third kappa shape index (κ3) is 1.69. The van der Waals surface area contributed by atoms with E-state index in [4.69, 9.17) is 0 Å². The smallest absolute Gasteiger partial charge is 0.442 e. The Bertz CT molecular complexity index is 463. The first kappa shape index (κ1) is 11.3. The lowest BCUT2D eigenvalue weighted by molar-refractivity contribution is -0.158. The van der Waals surface area contributed by atoms with Crippen LogP contribution in [0.5, 0.6) is 0 Å². The van der Waals surface area contributed by atoms with Crippen molar-refractivity contribution in [3.8, 4) is 0 Å². The maximum Gasteiger partial charge on any atom is 0.455 e. The molecule has 82 valence electrons. The number of carbonyl (C=O) groups is 1. The summed E-state index contributed by atoms with van der Waals surface area (Å²) in [5.41, 5.74) is 0. The van der Waals surface area contributed by atoms with Gasteiger partial charge in [-0.05, 0) is 0 Å². The van der Waals surface area contributed by atoms with Crippen LogP contribution in [0, 0.1) is 0 Å². The molecule has 1 saturated heterocycles. The van der Waals surface area contributed by atoms with E-state index in [1.807, 2.05) is 0 Å². The van der Waals surface area contributed by atoms with Crippen molar-refractivity contribution in [2.24, 2.45) is 0 Å². The number of nitrogens with one attached hydrogen (secondary N) is 1. The second-order valence-corrected chi connectivity index (χ2v) is 5.92. The largest absolute Gasteiger partial charge is 0.455 e. The van der Waals surface area contributed by atoms with E-state index < -0.39 is 37.2 Å². The van der Waals surface area contributed by atoms with Crippen LogP contribution in [0.15, 0.2) is 0 Å². The van der Waals surface area contributed by atoms with Gasteiger partial charge in [-0.25, -0.2) is 21.6 Å². The predicted octanol–water partition coefficient (Wildman–Crippen LogP) is -1.66. The van der Waals surface area contributed by atoms with Gasteiger partial charge in [-0.3, -0.25) is 0 Å². The topological polar surface area (TPSA) is 107 Å². The molecule has 0 aromatic rings. The van der Waals surface area contributed by atoms with Crippen LogP contribution < -0.4 is 4.13 Å². The lowest BCUT2D eigenvalue weighted by Crippen LogP contribution is -2.44. The van der Waals surface area contributed by atoms with E-state index in [0.29, 0.717) is 4.13 Å². The molecule has 0 saturated carbocycles. The quantitative estimate of drug-likeness (QED) is 0.516. The fourth-order valence-corrected chi connectivity index (χ4v) is 3.06. The maximum absolute atomic E-state index is 12.6. The molecular formula is C3H3F2NO6S2. The molecule has 7 nitrogen and oxygen atoms in total. The van der Waals surface area contributed by atoms with Gasteiger partial charge in [0, 0.05) is 0 Å². The summed E-state index contributed by atoms with van der Waals surface area (Å²) >= 11 is 0. The van der Waals surface area contributed by atoms with Gasteiger partial charge >= 0.3 is 21.2 Å². The lowest BCUT2D eigenvalue weighted by atomic mass is 10.7. The Morgan fingerprint density at radius 3 is 2.29 bits per heavy atom. The Morgan fingerprint density at radius 1 is 1.29 bits per heavy atom. The van der Waals surface area contributed by atoms with E-state index in [9.17, 15) is 30.4 Å². The molecule has 0 unspecified atom stereocenters. The number of alkyl halides is 2. The molecule has 14 heavy (non-hydrogen) atoms. The average molecular weight is 251 g/mol. The second-order valence-electron chi connectivity index (χ2n) is 2.27. The van der Waals surface area contributed by atoms with Gasteiger partial charge in [0.2, 0.25) is 5.94 Å². The Hall–Kier alpha value is -0.810. The number of rotatable bonds is 0. The van der Waals surface area contributed by atoms with Crippen molar-refractivity contribution in [3.63, 3.8) is 0 Å². The molecule has 0 spiro atoms. The van der Waals surface area contributed by atoms with Crippen LogP contribution in [0.1, 0.15) is 0 Å². The van der Waals surface area contributed by atoms with Gasteiger partial charge in [0.15, 0.2) is 0 Å². The number of carbonyl (C=O) groups excluding carboxylic acids is 1. The van der Waals surface area contributed by atoms with Crippen molar-refractivity contribution in [2.75, 3.05) is 5.94 Å². The predicted molar refractivity (Wildman–Crippen MR) is 36.9 cm³/mol. The molecule has 1 aliphatic heterocycles. The van der Waals surface area contributed by atoms with Crippen molar-refractivity contribution in [1.29, 1.82) is 0 Å². The highest BCUT2D eigenvalue weighted by molar-refractivity contribution is 8.05. The maximum atomic E-state index is 12.6. The van der Waals surface area contributed by atoms with Gasteiger partial charge < -0.3 is 4.74 Å². The second kappa shape index (κ2) is 2.84. The highest BCUT2D eigenvalue weighted by atomic mass is 32.3. The fourth-order valence-electron chi connectivity index (χ4n) is 0.568. The highest BCUT2D eigenvalue weighted by Gasteiger charge is 2.58. The molecule has 1 aliphatic rings. The molecule has 11 heteroatoms. The standard InChI is InChI=1S/C3H3F2NO6S2/c4-3(5)2(7)12-1-13(8,9)6-14(3,10)11/h6H,1H2. The number of ether oxygens (including phenoxy) is 1. The van der Waals surface area contributed by atoms with Crippen LogP contribution in [-0.4, -0.2) is 34.0 Å². The normalized spacial score (nSPS) is 28.9. The van der Waals surface area contributed by atoms with E-state index in [1.165, 1.54) is 0 Å². The van der Waals surface area contributed by atoms with Gasteiger partial charge in [-0.15, -0.1) is 4.13 Å². The van der Waals surface area contributed by atoms with Gasteiger partial charge in [-0.2, -0.15) is 8.78 Å². The minimum atomic E-state index is -5.60. The van der Waals surface area contributed by atoms with Crippen molar-refractivity contribution in [3.05, 3.63) is 0 Å². The molecule has 1 heterocycles. The summed E-state index contributed by atoms with van der Waals surface area (Å²) in [5, 5.41) is -4.91. The summed E-state index contributed by atoms with van der Waals surface area (Å²) in [7, 11) is -10.2. The zero-order valence-corrected chi connectivity index (χ0v) is 7.86. The van der Waals surface area contributed by atoms with Gasteiger partial charge in [0.25, 0.3) is 10.0 Å². The molecule has 1 N–H and O–H groups in total. The summed E-state index contributed by atoms with van der Waals surface area (Å²) in [6.45, 7) is 0. The third-order valence-electron chi connectivity index (χ3n) is 1.16. The van der Waals surface area contributed by atoms with Crippen molar-refractivity contribution >= 4 is 26.0 Å². The molecule has 0 radical (unpaired) electrons. The van der Waals surface area contributed by atoms with Crippen LogP contribution in [-0.2, 0) is 29.6 Å². The van der Waals surface area contributed by atoms with Gasteiger partial charge in [-0.1, -0.05) is 0 Å². The summed E-state index contributed by atoms with van der Waals surface area (Å²) in [4.78, 5) is 10.4. The Morgan fingerprint density at radius 2 is 1.79 bits per heavy atom. The summed E-state index contributed by atoms with van der Waals surface area (Å²) in [6, 6.07) is 0. The molecule has 1 rings (SSSR count). The van der Waals surface area contributed by atoms with Gasteiger partial charge in [0.1, 0.15) is 0 Å². The molecule has 0 amide bonds. The number of halogens is 2. The van der Waals surface area contributed by atoms with Crippen LogP contribution in [0.25, 0.3) is 0 Å². The lowest BCUT2D eigenvalue weighted by Gasteiger charge is -2.08. The Balaban J connectivity index is 3.35. The Kier molecular flexibility index (Phi) is 2.28. The molecule has 1 fully saturated rings. The number of esters is 1. The van der Waals surface area contributed by atoms with E-state index >= 15 is 0 Å². The molecule has 0 aliphatic carbocycles. The average Bonchev–Trinajstić information content (AvgIpc) is 2.00. The minimum Gasteiger partial charge on any atom is -0.442 e. The van der Waals surface area contributed by atoms with E-state index in [1.54, 1.807) is 0 Å². The SMILES string of the molecule is O=C1OCS(=O)(=O)NS(=O)(=O)C1(F)F. The first-order valence-corrected chi connectivity index (χ1v) is 6.03. The van der Waals surface area contributed by atoms with Crippen LogP contribution in [0.2, 0.25) is 0 Å². The first-order chi connectivity index (χ1) is 6.08. The van der Waals surface area contributed by atoms with Crippen molar-refractivity contribution < 1.29 is 35.1 Å². The Labute approximate surface area is 77.1 Å². The number of sulfonamides is 2. The first-order valence-electron chi connectivity index (χ1n) is 2.89. The van der Waals surface area contributed by atoms with E-state index in [2.05, 4.69) is 4.74 Å². The molecule has 0 aromatic carbocycles. The fraction of sp³-hybridized carbons (Fsp3) is 0.667. The monoisotopic (exact) mass is 251 g/mol. The molecule has 0 atom stereocenters. The van der Waals surface area contributed by atoms with Gasteiger partial charge in [0.05, 0.1) is 0 Å². The minimum absolute atomic E-state index is 0.664. The zero-order valence-electron chi connectivity index (χ0n) is 6.23. The van der Waals surface area contributed by atoms with Crippen LogP contribution in [0.3, 0.4) is 0 Å². The summed E-state index contributed by atoms with van der Waals surface area (Å²) < 4.78 is 71.8. The van der Waals surface area contributed by atoms with Crippen molar-refractivity contribution in [1.82, 2.24) is 4.13 Å². The number of hydrogen-bond acceptors (Lipinski definition) is 6. The van der Waals surface area contributed by atoms with Crippen LogP contribution >= 0.6 is 0 Å². The van der Waals surface area contributed by atoms with Crippen LogP contribution in [0.4, 0.5) is 8.78 Å². The summed E-state index contributed by atoms with van der Waals surface area (Å²) in [6.07, 6.45) is 0. The van der Waals surface area contributed by atoms with E-state index in [0.717, 1.165) is 0 Å². The number of hydrogen-bond donors (Lipinski definition) is 1. The highest BCUT2D eigenvalue weighted by Crippen LogP contribution is 2.25. The molecule has 0 aromatic heterocycles. The molecule has 0 bridgehead atoms.